The largest absolute Gasteiger partial charge is 0.497 e. The van der Waals surface area contributed by atoms with Crippen molar-refractivity contribution >= 4 is 17.2 Å². The lowest BCUT2D eigenvalue weighted by Crippen LogP contribution is -2.39. The molecule has 1 aliphatic rings. The third kappa shape index (κ3) is 5.87. The average molecular weight is 519 g/mol. The highest BCUT2D eigenvalue weighted by molar-refractivity contribution is 5.94. The molecule has 0 spiro atoms. The number of benzene rings is 2. The summed E-state index contributed by atoms with van der Waals surface area (Å²) in [5.74, 6) is 1.33. The quantitative estimate of drug-likeness (QED) is 0.342. The van der Waals surface area contributed by atoms with Crippen LogP contribution < -0.4 is 20.5 Å². The zero-order valence-corrected chi connectivity index (χ0v) is 20.9. The average Bonchev–Trinajstić information content (AvgIpc) is 3.33. The van der Waals surface area contributed by atoms with Gasteiger partial charge in [-0.3, -0.25) is 9.69 Å². The van der Waals surface area contributed by atoms with Crippen LogP contribution in [0.5, 0.6) is 17.4 Å². The van der Waals surface area contributed by atoms with Crippen molar-refractivity contribution in [3.63, 3.8) is 0 Å². The molecule has 0 radical (unpaired) electrons. The molecule has 38 heavy (non-hydrogen) atoms. The minimum absolute atomic E-state index is 0. The van der Waals surface area contributed by atoms with E-state index in [-0.39, 0.29) is 7.43 Å². The molecule has 2 aromatic carbocycles. The molecule has 10 heteroatoms. The highest BCUT2D eigenvalue weighted by atomic mass is 16.5. The number of ether oxygens (including phenoxy) is 3. The lowest BCUT2D eigenvalue weighted by molar-refractivity contribution is 0.0398. The van der Waals surface area contributed by atoms with Gasteiger partial charge in [0.2, 0.25) is 11.8 Å². The maximum Gasteiger partial charge on any atom is 0.248 e. The molecular weight excluding hydrogens is 484 g/mol. The number of hydrogen-bond acceptors (Lipinski definition) is 8. The molecule has 0 bridgehead atoms. The fourth-order valence-electron chi connectivity index (χ4n) is 4.36. The lowest BCUT2D eigenvalue weighted by atomic mass is 10.0. The van der Waals surface area contributed by atoms with Gasteiger partial charge < -0.3 is 25.3 Å². The van der Waals surface area contributed by atoms with Gasteiger partial charge in [-0.1, -0.05) is 13.5 Å². The Labute approximate surface area is 222 Å². The number of hydrogen-bond donors (Lipinski definition) is 2. The van der Waals surface area contributed by atoms with Crippen LogP contribution in [0.4, 0.5) is 5.69 Å². The molecule has 1 amide bonds. The molecule has 3 heterocycles. The van der Waals surface area contributed by atoms with Crippen LogP contribution in [0.1, 0.15) is 23.3 Å². The number of primary amides is 1. The number of rotatable bonds is 9. The summed E-state index contributed by atoms with van der Waals surface area (Å²) in [5, 5.41) is 8.25. The normalized spacial score (nSPS) is 13.6. The topological polar surface area (TPSA) is 116 Å². The van der Waals surface area contributed by atoms with E-state index in [1.54, 1.807) is 23.9 Å². The maximum absolute atomic E-state index is 11.7. The van der Waals surface area contributed by atoms with Crippen molar-refractivity contribution in [2.45, 2.75) is 14.4 Å². The van der Waals surface area contributed by atoms with E-state index in [1.165, 1.54) is 0 Å². The van der Waals surface area contributed by atoms with Crippen molar-refractivity contribution in [1.29, 1.82) is 0 Å². The van der Waals surface area contributed by atoms with Gasteiger partial charge in [-0.25, -0.2) is 9.50 Å². The number of fused-ring (bicyclic) bond motifs is 1. The molecule has 0 saturated carbocycles. The number of nitrogens with one attached hydrogen (secondary N) is 1. The summed E-state index contributed by atoms with van der Waals surface area (Å²) in [7, 11) is 1.62. The van der Waals surface area contributed by atoms with Crippen LogP contribution >= 0.6 is 0 Å². The molecule has 0 unspecified atom stereocenters. The predicted molar refractivity (Wildman–Crippen MR) is 147 cm³/mol. The number of aryl methyl sites for hydroxylation is 1. The zero-order chi connectivity index (χ0) is 25.8. The Balaban J connectivity index is 0.00000336. The number of imidazole rings is 1. The Kier molecular flexibility index (Phi) is 8.45. The second-order valence-corrected chi connectivity index (χ2v) is 8.83. The first-order valence-corrected chi connectivity index (χ1v) is 12.2. The molecule has 1 aliphatic heterocycles. The summed E-state index contributed by atoms with van der Waals surface area (Å²) in [4.78, 5) is 18.7. The SMILES string of the molecule is C.COc1ccc(Oc2cc(NCCN3CCOCC3)c3ncc(-c4ccc(C(N)=O)c(C)c4)n3n2)cc1. The van der Waals surface area contributed by atoms with Gasteiger partial charge in [0.05, 0.1) is 37.9 Å². The van der Waals surface area contributed by atoms with Gasteiger partial charge in [0.15, 0.2) is 5.65 Å². The molecule has 200 valence electrons. The van der Waals surface area contributed by atoms with Gasteiger partial charge in [-0.15, -0.1) is 5.10 Å². The Morgan fingerprint density at radius 3 is 2.53 bits per heavy atom. The molecule has 2 aromatic heterocycles. The number of carbonyl (C=O) groups excluding carboxylic acids is 1. The van der Waals surface area contributed by atoms with Crippen LogP contribution in [0.15, 0.2) is 54.7 Å². The third-order valence-electron chi connectivity index (χ3n) is 6.36. The van der Waals surface area contributed by atoms with Gasteiger partial charge in [0.25, 0.3) is 0 Å². The van der Waals surface area contributed by atoms with Crippen molar-refractivity contribution in [3.8, 4) is 28.6 Å². The van der Waals surface area contributed by atoms with E-state index in [2.05, 4.69) is 15.2 Å². The first kappa shape index (κ1) is 26.9. The van der Waals surface area contributed by atoms with Gasteiger partial charge in [0.1, 0.15) is 11.5 Å². The van der Waals surface area contributed by atoms with E-state index in [9.17, 15) is 4.79 Å². The molecule has 4 aromatic rings. The number of carbonyl (C=O) groups is 1. The Hall–Kier alpha value is -4.15. The minimum Gasteiger partial charge on any atom is -0.497 e. The van der Waals surface area contributed by atoms with E-state index >= 15 is 0 Å². The second kappa shape index (κ2) is 11.9. The van der Waals surface area contributed by atoms with Crippen LogP contribution in [0.2, 0.25) is 0 Å². The number of anilines is 1. The van der Waals surface area contributed by atoms with Gasteiger partial charge >= 0.3 is 0 Å². The Morgan fingerprint density at radius 1 is 1.11 bits per heavy atom. The summed E-state index contributed by atoms with van der Waals surface area (Å²) in [6.45, 7) is 6.84. The predicted octanol–water partition coefficient (Wildman–Crippen LogP) is 3.98. The van der Waals surface area contributed by atoms with Crippen LogP contribution in [0, 0.1) is 6.92 Å². The monoisotopic (exact) mass is 518 g/mol. The van der Waals surface area contributed by atoms with Gasteiger partial charge in [-0.2, -0.15) is 0 Å². The smallest absolute Gasteiger partial charge is 0.248 e. The summed E-state index contributed by atoms with van der Waals surface area (Å²) < 4.78 is 18.6. The number of amides is 1. The fraction of sp³-hybridized carbons (Fsp3) is 0.321. The van der Waals surface area contributed by atoms with Crippen LogP contribution in [-0.4, -0.2) is 71.9 Å². The van der Waals surface area contributed by atoms with Crippen molar-refractivity contribution in [2.75, 3.05) is 51.8 Å². The van der Waals surface area contributed by atoms with Crippen LogP contribution in [-0.2, 0) is 4.74 Å². The number of nitrogens with zero attached hydrogens (tertiary/aromatic N) is 4. The summed E-state index contributed by atoms with van der Waals surface area (Å²) in [5.41, 5.74) is 9.88. The summed E-state index contributed by atoms with van der Waals surface area (Å²) in [6, 6.07) is 14.7. The summed E-state index contributed by atoms with van der Waals surface area (Å²) in [6.07, 6.45) is 1.77. The molecule has 0 aliphatic carbocycles. The molecule has 0 atom stereocenters. The molecule has 5 rings (SSSR count). The van der Waals surface area contributed by atoms with Crippen molar-refractivity contribution in [2.24, 2.45) is 5.73 Å². The van der Waals surface area contributed by atoms with Crippen LogP contribution in [0.25, 0.3) is 16.9 Å². The Bertz CT molecular complexity index is 1400. The van der Waals surface area contributed by atoms with Gasteiger partial charge in [0, 0.05) is 43.4 Å². The first-order chi connectivity index (χ1) is 18.0. The Morgan fingerprint density at radius 2 is 1.84 bits per heavy atom. The number of nitrogens with two attached hydrogens (primary N) is 1. The highest BCUT2D eigenvalue weighted by Gasteiger charge is 2.16. The molecule has 3 N–H and O–H groups in total. The van der Waals surface area contributed by atoms with E-state index in [0.717, 1.165) is 67.7 Å². The van der Waals surface area contributed by atoms with Crippen LogP contribution in [0.3, 0.4) is 0 Å². The van der Waals surface area contributed by atoms with Crippen molar-refractivity contribution < 1.29 is 19.0 Å². The molecule has 10 nitrogen and oxygen atoms in total. The van der Waals surface area contributed by atoms with Gasteiger partial charge in [-0.05, 0) is 48.9 Å². The van der Waals surface area contributed by atoms with Crippen molar-refractivity contribution in [3.05, 3.63) is 65.9 Å². The number of methoxy groups -OCH3 is 1. The van der Waals surface area contributed by atoms with E-state index in [1.807, 2.05) is 49.4 Å². The molecule has 1 saturated heterocycles. The first-order valence-electron chi connectivity index (χ1n) is 12.2. The van der Waals surface area contributed by atoms with E-state index in [4.69, 9.17) is 25.0 Å². The highest BCUT2D eigenvalue weighted by Crippen LogP contribution is 2.30. The zero-order valence-electron chi connectivity index (χ0n) is 20.9. The molecule has 1 fully saturated rings. The molecular formula is C28H34N6O4. The standard InChI is InChI=1S/C27H30N6O4.CH4/c1-18-15-19(3-8-22(18)26(28)34)24-17-30-27-23(29-9-10-32-11-13-36-14-12-32)16-25(31-33(24)27)37-21-6-4-20(35-2)5-7-21;/h3-8,15-17,29H,9-14H2,1-2H3,(H2,28,34);1H4. The summed E-state index contributed by atoms with van der Waals surface area (Å²) >= 11 is 0. The number of morpholine rings is 1. The van der Waals surface area contributed by atoms with Crippen molar-refractivity contribution in [1.82, 2.24) is 19.5 Å². The maximum atomic E-state index is 11.7. The van der Waals surface area contributed by atoms with E-state index < -0.39 is 5.91 Å². The van der Waals surface area contributed by atoms with E-state index in [0.29, 0.717) is 22.8 Å². The minimum atomic E-state index is -0.456. The fourth-order valence-corrected chi connectivity index (χ4v) is 4.36. The lowest BCUT2D eigenvalue weighted by Gasteiger charge is -2.26. The second-order valence-electron chi connectivity index (χ2n) is 8.83. The number of aromatic nitrogens is 3. The third-order valence-corrected chi connectivity index (χ3v) is 6.36.